The number of hydrogen-bond acceptors (Lipinski definition) is 5. The minimum absolute atomic E-state index is 0.204. The molecule has 1 aliphatic carbocycles. The van der Waals surface area contributed by atoms with Gasteiger partial charge >= 0.3 is 0 Å². The van der Waals surface area contributed by atoms with Gasteiger partial charge in [-0.1, -0.05) is 0 Å². The highest BCUT2D eigenvalue weighted by molar-refractivity contribution is 8.04. The molecule has 0 saturated carbocycles. The summed E-state index contributed by atoms with van der Waals surface area (Å²) in [6, 6.07) is 0. The molecule has 0 aromatic carbocycles. The molecule has 0 fully saturated rings. The SMILES string of the molecule is O=C1C=CC(=O)C(SC[C@H](O)CO)=C1. The molecule has 1 aliphatic rings. The quantitative estimate of drug-likeness (QED) is 0.626. The van der Waals surface area contributed by atoms with Crippen LogP contribution in [0.4, 0.5) is 0 Å². The number of carbonyl (C=O) groups excluding carboxylic acids is 2. The second-order valence-corrected chi connectivity index (χ2v) is 3.82. The lowest BCUT2D eigenvalue weighted by molar-refractivity contribution is -0.114. The Morgan fingerprint density at radius 3 is 2.71 bits per heavy atom. The van der Waals surface area contributed by atoms with Crippen LogP contribution < -0.4 is 0 Å². The van der Waals surface area contributed by atoms with Crippen LogP contribution in [0.2, 0.25) is 0 Å². The number of aliphatic hydroxyl groups is 2. The van der Waals surface area contributed by atoms with Crippen LogP contribution in [-0.4, -0.2) is 40.2 Å². The number of aliphatic hydroxyl groups excluding tert-OH is 2. The van der Waals surface area contributed by atoms with Crippen molar-refractivity contribution >= 4 is 23.3 Å². The second-order valence-electron chi connectivity index (χ2n) is 2.76. The van der Waals surface area contributed by atoms with E-state index in [1.165, 1.54) is 18.2 Å². The predicted molar refractivity (Wildman–Crippen MR) is 52.8 cm³/mol. The van der Waals surface area contributed by atoms with E-state index in [0.29, 0.717) is 4.91 Å². The molecule has 0 bridgehead atoms. The van der Waals surface area contributed by atoms with Crippen LogP contribution in [-0.2, 0) is 9.59 Å². The molecule has 0 spiro atoms. The zero-order valence-corrected chi connectivity index (χ0v) is 8.16. The van der Waals surface area contributed by atoms with E-state index in [2.05, 4.69) is 0 Å². The van der Waals surface area contributed by atoms with Crippen LogP contribution in [0.5, 0.6) is 0 Å². The van der Waals surface area contributed by atoms with Gasteiger partial charge < -0.3 is 10.2 Å². The van der Waals surface area contributed by atoms with E-state index in [1.54, 1.807) is 0 Å². The van der Waals surface area contributed by atoms with E-state index in [1.807, 2.05) is 0 Å². The molecule has 76 valence electrons. The first-order chi connectivity index (χ1) is 6.63. The topological polar surface area (TPSA) is 74.6 Å². The van der Waals surface area contributed by atoms with Crippen molar-refractivity contribution in [3.05, 3.63) is 23.1 Å². The molecule has 1 rings (SSSR count). The van der Waals surface area contributed by atoms with Crippen LogP contribution >= 0.6 is 11.8 Å². The normalized spacial score (nSPS) is 18.3. The Morgan fingerprint density at radius 1 is 1.36 bits per heavy atom. The first-order valence-corrected chi connectivity index (χ1v) is 5.02. The van der Waals surface area contributed by atoms with Crippen molar-refractivity contribution in [3.63, 3.8) is 0 Å². The number of carbonyl (C=O) groups is 2. The fourth-order valence-corrected chi connectivity index (χ4v) is 1.73. The van der Waals surface area contributed by atoms with Crippen molar-refractivity contribution in [1.82, 2.24) is 0 Å². The zero-order chi connectivity index (χ0) is 10.6. The van der Waals surface area contributed by atoms with Crippen LogP contribution in [0.15, 0.2) is 23.1 Å². The van der Waals surface area contributed by atoms with Crippen molar-refractivity contribution < 1.29 is 19.8 Å². The van der Waals surface area contributed by atoms with Crippen molar-refractivity contribution in [2.75, 3.05) is 12.4 Å². The van der Waals surface area contributed by atoms with Crippen LogP contribution in [0.1, 0.15) is 0 Å². The van der Waals surface area contributed by atoms with Gasteiger partial charge in [0.1, 0.15) is 0 Å². The summed E-state index contributed by atoms with van der Waals surface area (Å²) in [6.07, 6.45) is 2.77. The van der Waals surface area contributed by atoms with Gasteiger partial charge in [0.25, 0.3) is 0 Å². The van der Waals surface area contributed by atoms with Crippen LogP contribution in [0.25, 0.3) is 0 Å². The third-order valence-corrected chi connectivity index (χ3v) is 2.74. The highest BCUT2D eigenvalue weighted by Gasteiger charge is 2.14. The summed E-state index contributed by atoms with van der Waals surface area (Å²) in [4.78, 5) is 22.4. The largest absolute Gasteiger partial charge is 0.394 e. The summed E-state index contributed by atoms with van der Waals surface area (Å²) in [5.41, 5.74) is 0. The Kier molecular flexibility index (Phi) is 4.06. The van der Waals surface area contributed by atoms with Crippen molar-refractivity contribution in [2.24, 2.45) is 0 Å². The summed E-state index contributed by atoms with van der Waals surface area (Å²) < 4.78 is 0. The Bertz CT molecular complexity index is 306. The molecular weight excluding hydrogens is 204 g/mol. The molecule has 14 heavy (non-hydrogen) atoms. The van der Waals surface area contributed by atoms with Gasteiger partial charge in [0, 0.05) is 11.8 Å². The van der Waals surface area contributed by atoms with Crippen LogP contribution in [0, 0.1) is 0 Å². The third kappa shape index (κ3) is 3.10. The monoisotopic (exact) mass is 214 g/mol. The van der Waals surface area contributed by atoms with E-state index in [0.717, 1.165) is 11.8 Å². The zero-order valence-electron chi connectivity index (χ0n) is 7.34. The van der Waals surface area contributed by atoms with Gasteiger partial charge in [-0.3, -0.25) is 9.59 Å². The van der Waals surface area contributed by atoms with Gasteiger partial charge in [-0.05, 0) is 12.2 Å². The van der Waals surface area contributed by atoms with Crippen molar-refractivity contribution in [1.29, 1.82) is 0 Å². The minimum Gasteiger partial charge on any atom is -0.394 e. The molecule has 0 aromatic rings. The molecule has 2 N–H and O–H groups in total. The van der Waals surface area contributed by atoms with E-state index >= 15 is 0 Å². The van der Waals surface area contributed by atoms with E-state index < -0.39 is 6.10 Å². The molecule has 4 nitrogen and oxygen atoms in total. The van der Waals surface area contributed by atoms with Gasteiger partial charge in [0.05, 0.1) is 17.6 Å². The molecule has 0 saturated heterocycles. The van der Waals surface area contributed by atoms with Gasteiger partial charge in [0.15, 0.2) is 11.6 Å². The summed E-state index contributed by atoms with van der Waals surface area (Å²) in [7, 11) is 0. The number of hydrogen-bond donors (Lipinski definition) is 2. The number of thioether (sulfide) groups is 1. The number of allylic oxidation sites excluding steroid dienone is 4. The van der Waals surface area contributed by atoms with Crippen LogP contribution in [0.3, 0.4) is 0 Å². The smallest absolute Gasteiger partial charge is 0.192 e. The summed E-state index contributed by atoms with van der Waals surface area (Å²) >= 11 is 1.07. The lowest BCUT2D eigenvalue weighted by atomic mass is 10.2. The number of ketones is 2. The lowest BCUT2D eigenvalue weighted by Crippen LogP contribution is -2.16. The first-order valence-electron chi connectivity index (χ1n) is 4.03. The first kappa shape index (κ1) is 11.2. The average molecular weight is 214 g/mol. The maximum atomic E-state index is 11.2. The molecule has 0 aromatic heterocycles. The Hall–Kier alpha value is -0.910. The van der Waals surface area contributed by atoms with Gasteiger partial charge in [0.2, 0.25) is 0 Å². The van der Waals surface area contributed by atoms with E-state index in [4.69, 9.17) is 10.2 Å². The molecule has 0 radical (unpaired) electrons. The molecule has 5 heteroatoms. The van der Waals surface area contributed by atoms with E-state index in [-0.39, 0.29) is 23.9 Å². The highest BCUT2D eigenvalue weighted by Crippen LogP contribution is 2.20. The highest BCUT2D eigenvalue weighted by atomic mass is 32.2. The maximum absolute atomic E-state index is 11.2. The Balaban J connectivity index is 2.52. The second kappa shape index (κ2) is 5.09. The number of rotatable bonds is 4. The molecule has 0 aliphatic heterocycles. The lowest BCUT2D eigenvalue weighted by Gasteiger charge is -2.08. The summed E-state index contributed by atoms with van der Waals surface area (Å²) in [5.74, 6) is -0.264. The fourth-order valence-electron chi connectivity index (χ4n) is 0.840. The molecule has 0 heterocycles. The Morgan fingerprint density at radius 2 is 2.07 bits per heavy atom. The molecule has 1 atom stereocenters. The predicted octanol–water partition coefficient (Wildman–Crippen LogP) is -0.335. The molecule has 0 unspecified atom stereocenters. The van der Waals surface area contributed by atoms with Gasteiger partial charge in [-0.2, -0.15) is 0 Å². The Labute approximate surface area is 85.3 Å². The minimum atomic E-state index is -0.866. The standard InChI is InChI=1S/C9H10O4S/c10-4-7(12)5-14-9-3-6(11)1-2-8(9)13/h1-3,7,10,12H,4-5H2/t7-/m1/s1. The summed E-state index contributed by atoms with van der Waals surface area (Å²) in [6.45, 7) is -0.349. The van der Waals surface area contributed by atoms with Crippen molar-refractivity contribution in [3.8, 4) is 0 Å². The summed E-state index contributed by atoms with van der Waals surface area (Å²) in [5, 5.41) is 17.6. The molecular formula is C9H10O4S. The fraction of sp³-hybridized carbons (Fsp3) is 0.333. The molecule has 0 amide bonds. The van der Waals surface area contributed by atoms with E-state index in [9.17, 15) is 9.59 Å². The average Bonchev–Trinajstić information content (AvgIpc) is 2.19. The van der Waals surface area contributed by atoms with Gasteiger partial charge in [-0.25, -0.2) is 0 Å². The maximum Gasteiger partial charge on any atom is 0.192 e. The van der Waals surface area contributed by atoms with Crippen molar-refractivity contribution in [2.45, 2.75) is 6.10 Å². The third-order valence-electron chi connectivity index (χ3n) is 1.56. The van der Waals surface area contributed by atoms with Gasteiger partial charge in [-0.15, -0.1) is 11.8 Å².